The van der Waals surface area contributed by atoms with Crippen LogP contribution < -0.4 is 5.73 Å². The smallest absolute Gasteiger partial charge is 0.327 e. The molecule has 92 valence electrons. The molecular formula is C12H21NO3. The molecule has 16 heavy (non-hydrogen) atoms. The summed E-state index contributed by atoms with van der Waals surface area (Å²) in [5, 5.41) is 9.81. The number of nitrogens with two attached hydrogens (primary N) is 1. The van der Waals surface area contributed by atoms with Gasteiger partial charge in [0, 0.05) is 11.8 Å². The van der Waals surface area contributed by atoms with E-state index in [2.05, 4.69) is 0 Å². The molecule has 4 nitrogen and oxygen atoms in total. The summed E-state index contributed by atoms with van der Waals surface area (Å²) >= 11 is 0. The lowest BCUT2D eigenvalue weighted by molar-refractivity contribution is -0.216. The van der Waals surface area contributed by atoms with Crippen LogP contribution in [0.4, 0.5) is 0 Å². The van der Waals surface area contributed by atoms with Crippen LogP contribution in [0.25, 0.3) is 0 Å². The van der Waals surface area contributed by atoms with Crippen LogP contribution in [0.15, 0.2) is 0 Å². The molecule has 3 N–H and O–H groups in total. The van der Waals surface area contributed by atoms with Crippen LogP contribution in [-0.4, -0.2) is 28.3 Å². The molecule has 0 bridgehead atoms. The Morgan fingerprint density at radius 3 is 2.31 bits per heavy atom. The zero-order chi connectivity index (χ0) is 12.2. The van der Waals surface area contributed by atoms with Gasteiger partial charge in [-0.2, -0.15) is 0 Å². The number of hydrogen-bond acceptors (Lipinski definition) is 4. The van der Waals surface area contributed by atoms with Crippen molar-refractivity contribution in [3.8, 4) is 0 Å². The first kappa shape index (κ1) is 11.9. The molecule has 0 aromatic heterocycles. The van der Waals surface area contributed by atoms with Crippen molar-refractivity contribution in [3.05, 3.63) is 0 Å². The van der Waals surface area contributed by atoms with Gasteiger partial charge in [-0.3, -0.25) is 4.79 Å². The largest absolute Gasteiger partial charge is 0.459 e. The van der Waals surface area contributed by atoms with E-state index < -0.39 is 22.7 Å². The minimum atomic E-state index is -0.960. The van der Waals surface area contributed by atoms with Crippen molar-refractivity contribution < 1.29 is 14.6 Å². The molecule has 2 rings (SSSR count). The quantitative estimate of drug-likeness (QED) is 0.654. The van der Waals surface area contributed by atoms with Gasteiger partial charge in [-0.05, 0) is 33.6 Å². The molecule has 0 saturated heterocycles. The molecule has 0 aromatic rings. The Morgan fingerprint density at radius 2 is 2.00 bits per heavy atom. The number of aliphatic hydroxyl groups is 1. The van der Waals surface area contributed by atoms with Gasteiger partial charge < -0.3 is 15.6 Å². The maximum absolute atomic E-state index is 12.1. The van der Waals surface area contributed by atoms with Crippen LogP contribution in [-0.2, 0) is 9.53 Å². The van der Waals surface area contributed by atoms with Crippen LogP contribution in [0, 0.1) is 5.41 Å². The summed E-state index contributed by atoms with van der Waals surface area (Å²) in [6, 6.07) is 0. The minimum Gasteiger partial charge on any atom is -0.459 e. The summed E-state index contributed by atoms with van der Waals surface area (Å²) in [4.78, 5) is 12.1. The van der Waals surface area contributed by atoms with Crippen LogP contribution in [0.1, 0.15) is 46.5 Å². The molecule has 2 atom stereocenters. The lowest BCUT2D eigenvalue weighted by Crippen LogP contribution is -2.78. The lowest BCUT2D eigenvalue weighted by atomic mass is 9.44. The highest BCUT2D eigenvalue weighted by atomic mass is 16.6. The molecule has 0 aliphatic heterocycles. The van der Waals surface area contributed by atoms with Gasteiger partial charge in [0.15, 0.2) is 0 Å². The highest BCUT2D eigenvalue weighted by molar-refractivity contribution is 5.84. The molecule has 4 heteroatoms. The standard InChI is InChI=1S/C12H21NO3/c1-10(2,3)16-9(15)12(13)7-8(14)11(12)5-4-6-11/h8,14H,4-7,13H2,1-3H3. The summed E-state index contributed by atoms with van der Waals surface area (Å²) in [6.45, 7) is 5.49. The number of hydrogen-bond donors (Lipinski definition) is 2. The molecule has 0 radical (unpaired) electrons. The second-order valence-electron chi connectivity index (χ2n) is 6.20. The van der Waals surface area contributed by atoms with Gasteiger partial charge in [0.1, 0.15) is 11.1 Å². The van der Waals surface area contributed by atoms with Gasteiger partial charge in [-0.15, -0.1) is 0 Å². The van der Waals surface area contributed by atoms with Crippen LogP contribution in [0.3, 0.4) is 0 Å². The van der Waals surface area contributed by atoms with Crippen molar-refractivity contribution in [2.45, 2.75) is 63.7 Å². The Bertz CT molecular complexity index is 317. The van der Waals surface area contributed by atoms with Gasteiger partial charge in [0.2, 0.25) is 0 Å². The highest BCUT2D eigenvalue weighted by Gasteiger charge is 2.70. The fourth-order valence-corrected chi connectivity index (χ4v) is 2.86. The molecule has 2 saturated carbocycles. The molecule has 2 aliphatic rings. The average Bonchev–Trinajstić information content (AvgIpc) is 1.96. The summed E-state index contributed by atoms with van der Waals surface area (Å²) in [7, 11) is 0. The van der Waals surface area contributed by atoms with Crippen LogP contribution >= 0.6 is 0 Å². The Kier molecular flexibility index (Phi) is 2.37. The van der Waals surface area contributed by atoms with Crippen molar-refractivity contribution >= 4 is 5.97 Å². The van der Waals surface area contributed by atoms with Gasteiger partial charge in [-0.1, -0.05) is 6.42 Å². The van der Waals surface area contributed by atoms with E-state index in [1.54, 1.807) is 0 Å². The number of aliphatic hydroxyl groups excluding tert-OH is 1. The fourth-order valence-electron chi connectivity index (χ4n) is 2.86. The van der Waals surface area contributed by atoms with Gasteiger partial charge in [-0.25, -0.2) is 0 Å². The van der Waals surface area contributed by atoms with Crippen molar-refractivity contribution in [2.75, 3.05) is 0 Å². The molecule has 0 heterocycles. The average molecular weight is 227 g/mol. The molecule has 0 aromatic carbocycles. The maximum Gasteiger partial charge on any atom is 0.327 e. The topological polar surface area (TPSA) is 72.5 Å². The number of carbonyl (C=O) groups excluding carboxylic acids is 1. The fraction of sp³-hybridized carbons (Fsp3) is 0.917. The summed E-state index contributed by atoms with van der Waals surface area (Å²) in [5.41, 5.74) is 4.28. The van der Waals surface area contributed by atoms with Crippen LogP contribution in [0.2, 0.25) is 0 Å². The van der Waals surface area contributed by atoms with E-state index in [1.807, 2.05) is 20.8 Å². The number of rotatable bonds is 1. The summed E-state index contributed by atoms with van der Waals surface area (Å²) in [5.74, 6) is -0.356. The predicted octanol–water partition coefficient (Wildman–Crippen LogP) is 0.960. The van der Waals surface area contributed by atoms with Crippen LogP contribution in [0.5, 0.6) is 0 Å². The molecule has 2 fully saturated rings. The van der Waals surface area contributed by atoms with E-state index in [9.17, 15) is 9.90 Å². The number of ether oxygens (including phenoxy) is 1. The van der Waals surface area contributed by atoms with E-state index in [4.69, 9.17) is 10.5 Å². The normalized spacial score (nSPS) is 36.4. The van der Waals surface area contributed by atoms with Crippen molar-refractivity contribution in [3.63, 3.8) is 0 Å². The highest BCUT2D eigenvalue weighted by Crippen LogP contribution is 2.61. The Hall–Kier alpha value is -0.610. The SMILES string of the molecule is CC(C)(C)OC(=O)C1(N)CC(O)C12CCC2. The zero-order valence-corrected chi connectivity index (χ0v) is 10.2. The van der Waals surface area contributed by atoms with Gasteiger partial charge in [0.25, 0.3) is 0 Å². The molecule has 2 aliphatic carbocycles. The summed E-state index contributed by atoms with van der Waals surface area (Å²) in [6.07, 6.45) is 2.62. The third-order valence-electron chi connectivity index (χ3n) is 4.05. The third-order valence-corrected chi connectivity index (χ3v) is 4.05. The van der Waals surface area contributed by atoms with E-state index in [0.717, 1.165) is 19.3 Å². The van der Waals surface area contributed by atoms with Crippen molar-refractivity contribution in [1.29, 1.82) is 0 Å². The second kappa shape index (κ2) is 3.20. The number of carbonyl (C=O) groups is 1. The van der Waals surface area contributed by atoms with E-state index in [1.165, 1.54) is 0 Å². The van der Waals surface area contributed by atoms with E-state index in [0.29, 0.717) is 6.42 Å². The maximum atomic E-state index is 12.1. The van der Waals surface area contributed by atoms with Gasteiger partial charge in [0.05, 0.1) is 6.10 Å². The Morgan fingerprint density at radius 1 is 1.44 bits per heavy atom. The lowest BCUT2D eigenvalue weighted by Gasteiger charge is -2.64. The first-order valence-electron chi connectivity index (χ1n) is 5.92. The summed E-state index contributed by atoms with van der Waals surface area (Å²) < 4.78 is 5.35. The Balaban J connectivity index is 2.12. The molecule has 1 spiro atoms. The predicted molar refractivity (Wildman–Crippen MR) is 59.7 cm³/mol. The number of esters is 1. The minimum absolute atomic E-state index is 0.335. The third kappa shape index (κ3) is 1.39. The Labute approximate surface area is 96.2 Å². The molecule has 2 unspecified atom stereocenters. The van der Waals surface area contributed by atoms with E-state index in [-0.39, 0.29) is 5.97 Å². The first-order chi connectivity index (χ1) is 7.21. The first-order valence-corrected chi connectivity index (χ1v) is 5.92. The van der Waals surface area contributed by atoms with Crippen molar-refractivity contribution in [1.82, 2.24) is 0 Å². The second-order valence-corrected chi connectivity index (χ2v) is 6.20. The monoisotopic (exact) mass is 227 g/mol. The van der Waals surface area contributed by atoms with E-state index >= 15 is 0 Å². The zero-order valence-electron chi connectivity index (χ0n) is 10.2. The molecule has 0 amide bonds. The molecular weight excluding hydrogens is 206 g/mol. The van der Waals surface area contributed by atoms with Gasteiger partial charge >= 0.3 is 5.97 Å². The van der Waals surface area contributed by atoms with Crippen molar-refractivity contribution in [2.24, 2.45) is 11.1 Å².